The van der Waals surface area contributed by atoms with Crippen molar-refractivity contribution >= 4 is 5.82 Å². The molecule has 1 aliphatic carbocycles. The molecule has 1 heterocycles. The Morgan fingerprint density at radius 1 is 1.56 bits per heavy atom. The second-order valence-electron chi connectivity index (χ2n) is 4.49. The number of anilines is 1. The molecule has 0 saturated heterocycles. The van der Waals surface area contributed by atoms with Gasteiger partial charge in [0.1, 0.15) is 11.6 Å². The molecule has 0 spiro atoms. The van der Waals surface area contributed by atoms with Crippen LogP contribution in [0.3, 0.4) is 0 Å². The number of rotatable bonds is 5. The first kappa shape index (κ1) is 11.3. The summed E-state index contributed by atoms with van der Waals surface area (Å²) in [5.41, 5.74) is 0. The zero-order valence-corrected chi connectivity index (χ0v) is 9.78. The summed E-state index contributed by atoms with van der Waals surface area (Å²) in [4.78, 5) is 6.35. The summed E-state index contributed by atoms with van der Waals surface area (Å²) in [6.45, 7) is 3.03. The molecule has 1 aromatic rings. The molecule has 1 aliphatic rings. The molecule has 0 bridgehead atoms. The van der Waals surface area contributed by atoms with Gasteiger partial charge in [-0.2, -0.15) is 0 Å². The van der Waals surface area contributed by atoms with Crippen molar-refractivity contribution < 1.29 is 4.39 Å². The number of hydrogen-bond donors (Lipinski definition) is 1. The number of pyridine rings is 1. The van der Waals surface area contributed by atoms with Gasteiger partial charge < -0.3 is 5.32 Å². The summed E-state index contributed by atoms with van der Waals surface area (Å²) < 4.78 is 12.6. The number of nitrogens with zero attached hydrogens (tertiary/aromatic N) is 2. The fraction of sp³-hybridized carbons (Fsp3) is 0.583. The molecule has 16 heavy (non-hydrogen) atoms. The molecule has 4 heteroatoms. The van der Waals surface area contributed by atoms with Crippen LogP contribution in [0.2, 0.25) is 0 Å². The second-order valence-corrected chi connectivity index (χ2v) is 4.49. The van der Waals surface area contributed by atoms with Crippen LogP contribution in [-0.2, 0) is 0 Å². The third kappa shape index (κ3) is 2.92. The molecule has 88 valence electrons. The van der Waals surface area contributed by atoms with Gasteiger partial charge in [0.05, 0.1) is 6.20 Å². The summed E-state index contributed by atoms with van der Waals surface area (Å²) in [5, 5.41) is 3.22. The Hall–Kier alpha value is -1.16. The molecule has 0 aliphatic heterocycles. The maximum atomic E-state index is 12.6. The summed E-state index contributed by atoms with van der Waals surface area (Å²) in [5.74, 6) is 0.436. The first-order chi connectivity index (χ1) is 7.66. The highest BCUT2D eigenvalue weighted by Crippen LogP contribution is 2.26. The van der Waals surface area contributed by atoms with Gasteiger partial charge in [0.2, 0.25) is 0 Å². The van der Waals surface area contributed by atoms with E-state index < -0.39 is 0 Å². The van der Waals surface area contributed by atoms with Crippen LogP contribution in [0.15, 0.2) is 18.3 Å². The van der Waals surface area contributed by atoms with E-state index in [2.05, 4.69) is 29.2 Å². The van der Waals surface area contributed by atoms with Crippen molar-refractivity contribution in [3.63, 3.8) is 0 Å². The van der Waals surface area contributed by atoms with Gasteiger partial charge in [-0.05, 0) is 38.9 Å². The highest BCUT2D eigenvalue weighted by atomic mass is 19.1. The molecule has 0 radical (unpaired) electrons. The van der Waals surface area contributed by atoms with Gasteiger partial charge in [-0.15, -0.1) is 0 Å². The van der Waals surface area contributed by atoms with Crippen molar-refractivity contribution in [3.05, 3.63) is 24.1 Å². The second kappa shape index (κ2) is 4.78. The van der Waals surface area contributed by atoms with Crippen molar-refractivity contribution in [1.82, 2.24) is 9.88 Å². The van der Waals surface area contributed by atoms with Crippen molar-refractivity contribution in [2.45, 2.75) is 31.8 Å². The Balaban J connectivity index is 1.79. The average molecular weight is 223 g/mol. The first-order valence-corrected chi connectivity index (χ1v) is 5.74. The van der Waals surface area contributed by atoms with Gasteiger partial charge in [0, 0.05) is 18.6 Å². The Morgan fingerprint density at radius 3 is 2.88 bits per heavy atom. The number of aromatic nitrogens is 1. The monoisotopic (exact) mass is 223 g/mol. The topological polar surface area (TPSA) is 28.2 Å². The minimum Gasteiger partial charge on any atom is -0.369 e. The average Bonchev–Trinajstić information content (AvgIpc) is 3.11. The van der Waals surface area contributed by atoms with Crippen LogP contribution in [-0.4, -0.2) is 35.6 Å². The van der Waals surface area contributed by atoms with Gasteiger partial charge in [0.15, 0.2) is 0 Å². The minimum atomic E-state index is -0.298. The van der Waals surface area contributed by atoms with E-state index in [1.165, 1.54) is 25.1 Å². The fourth-order valence-corrected chi connectivity index (χ4v) is 1.72. The molecule has 0 amide bonds. The van der Waals surface area contributed by atoms with E-state index in [0.717, 1.165) is 18.4 Å². The third-order valence-electron chi connectivity index (χ3n) is 3.12. The zero-order chi connectivity index (χ0) is 11.5. The lowest BCUT2D eigenvalue weighted by atomic mass is 10.3. The molecule has 1 unspecified atom stereocenters. The quantitative estimate of drug-likeness (QED) is 0.828. The molecular weight excluding hydrogens is 205 g/mol. The predicted octanol–water partition coefficient (Wildman–Crippen LogP) is 2.12. The molecular formula is C12H18FN3. The van der Waals surface area contributed by atoms with Crippen LogP contribution >= 0.6 is 0 Å². The van der Waals surface area contributed by atoms with Gasteiger partial charge in [-0.25, -0.2) is 9.37 Å². The van der Waals surface area contributed by atoms with Crippen molar-refractivity contribution in [1.29, 1.82) is 0 Å². The highest BCUT2D eigenvalue weighted by molar-refractivity contribution is 5.33. The maximum Gasteiger partial charge on any atom is 0.141 e. The minimum absolute atomic E-state index is 0.298. The van der Waals surface area contributed by atoms with Crippen LogP contribution < -0.4 is 5.32 Å². The smallest absolute Gasteiger partial charge is 0.141 e. The van der Waals surface area contributed by atoms with Gasteiger partial charge in [-0.3, -0.25) is 4.90 Å². The molecule has 0 aromatic carbocycles. The lowest BCUT2D eigenvalue weighted by molar-refractivity contribution is 0.257. The first-order valence-electron chi connectivity index (χ1n) is 5.74. The van der Waals surface area contributed by atoms with Crippen LogP contribution in [0.1, 0.15) is 19.8 Å². The van der Waals surface area contributed by atoms with E-state index in [0.29, 0.717) is 6.04 Å². The summed E-state index contributed by atoms with van der Waals surface area (Å²) in [7, 11) is 2.15. The number of halogens is 1. The predicted molar refractivity (Wildman–Crippen MR) is 62.9 cm³/mol. The van der Waals surface area contributed by atoms with Gasteiger partial charge in [-0.1, -0.05) is 0 Å². The summed E-state index contributed by atoms with van der Waals surface area (Å²) in [6.07, 6.45) is 3.86. The van der Waals surface area contributed by atoms with E-state index in [1.807, 2.05) is 0 Å². The van der Waals surface area contributed by atoms with Crippen LogP contribution in [0.5, 0.6) is 0 Å². The number of likely N-dealkylation sites (N-methyl/N-ethyl adjacent to an activating group) is 1. The van der Waals surface area contributed by atoms with E-state index >= 15 is 0 Å². The van der Waals surface area contributed by atoms with Crippen molar-refractivity contribution in [2.75, 3.05) is 18.9 Å². The van der Waals surface area contributed by atoms with Crippen LogP contribution in [0.25, 0.3) is 0 Å². The largest absolute Gasteiger partial charge is 0.369 e. The molecule has 1 saturated carbocycles. The van der Waals surface area contributed by atoms with Gasteiger partial charge >= 0.3 is 0 Å². The summed E-state index contributed by atoms with van der Waals surface area (Å²) in [6, 6.07) is 4.32. The SMILES string of the molecule is CC(CNc1ccc(F)cn1)N(C)C1CC1. The third-order valence-corrected chi connectivity index (χ3v) is 3.12. The maximum absolute atomic E-state index is 12.6. The molecule has 2 rings (SSSR count). The van der Waals surface area contributed by atoms with E-state index in [4.69, 9.17) is 0 Å². The Morgan fingerprint density at radius 2 is 2.31 bits per heavy atom. The van der Waals surface area contributed by atoms with E-state index in [9.17, 15) is 4.39 Å². The Labute approximate surface area is 95.7 Å². The normalized spacial score (nSPS) is 17.5. The number of hydrogen-bond acceptors (Lipinski definition) is 3. The lowest BCUT2D eigenvalue weighted by Gasteiger charge is -2.24. The highest BCUT2D eigenvalue weighted by Gasteiger charge is 2.28. The number of nitrogens with one attached hydrogen (secondary N) is 1. The zero-order valence-electron chi connectivity index (χ0n) is 9.78. The van der Waals surface area contributed by atoms with Crippen molar-refractivity contribution in [3.8, 4) is 0 Å². The lowest BCUT2D eigenvalue weighted by Crippen LogP contribution is -2.36. The van der Waals surface area contributed by atoms with Crippen LogP contribution in [0, 0.1) is 5.82 Å². The molecule has 1 fully saturated rings. The van der Waals surface area contributed by atoms with Crippen LogP contribution in [0.4, 0.5) is 10.2 Å². The standard InChI is InChI=1S/C12H18FN3/c1-9(16(2)11-4-5-11)7-14-12-6-3-10(13)8-15-12/h3,6,8-9,11H,4-5,7H2,1-2H3,(H,14,15). The summed E-state index contributed by atoms with van der Waals surface area (Å²) >= 11 is 0. The molecule has 1 aromatic heterocycles. The molecule has 1 N–H and O–H groups in total. The van der Waals surface area contributed by atoms with Crippen molar-refractivity contribution in [2.24, 2.45) is 0 Å². The van der Waals surface area contributed by atoms with Gasteiger partial charge in [0.25, 0.3) is 0 Å². The Bertz CT molecular complexity index is 335. The van der Waals surface area contributed by atoms with E-state index in [1.54, 1.807) is 6.07 Å². The Kier molecular flexibility index (Phi) is 3.39. The van der Waals surface area contributed by atoms with E-state index in [-0.39, 0.29) is 5.82 Å². The molecule has 3 nitrogen and oxygen atoms in total. The molecule has 1 atom stereocenters. The fourth-order valence-electron chi connectivity index (χ4n) is 1.72.